The smallest absolute Gasteiger partial charge is 0.315 e. The fourth-order valence-corrected chi connectivity index (χ4v) is 2.59. The van der Waals surface area contributed by atoms with Crippen LogP contribution in [0.4, 0.5) is 0 Å². The number of hydrogen-bond acceptors (Lipinski definition) is 3. The molecule has 1 fully saturated rings. The maximum atomic E-state index is 11.8. The Balaban J connectivity index is 2.08. The van der Waals surface area contributed by atoms with E-state index in [4.69, 9.17) is 21.1 Å². The molecule has 0 N–H and O–H groups in total. The van der Waals surface area contributed by atoms with Crippen LogP contribution in [0, 0.1) is 12.3 Å². The van der Waals surface area contributed by atoms with Gasteiger partial charge in [-0.15, -0.1) is 0 Å². The van der Waals surface area contributed by atoms with Crippen molar-refractivity contribution in [2.24, 2.45) is 5.41 Å². The van der Waals surface area contributed by atoms with Crippen molar-refractivity contribution in [3.8, 4) is 5.75 Å². The third-order valence-electron chi connectivity index (χ3n) is 3.30. The highest BCUT2D eigenvalue weighted by molar-refractivity contribution is 9.10. The quantitative estimate of drug-likeness (QED) is 0.751. The van der Waals surface area contributed by atoms with E-state index in [1.165, 1.54) is 0 Å². The number of aryl methyl sites for hydroxylation is 1. The fraction of sp³-hybridized carbons (Fsp3) is 0.500. The van der Waals surface area contributed by atoms with Gasteiger partial charge in [0.05, 0.1) is 16.1 Å². The third kappa shape index (κ3) is 3.06. The van der Waals surface area contributed by atoms with E-state index in [0.29, 0.717) is 24.0 Å². The highest BCUT2D eigenvalue weighted by Crippen LogP contribution is 2.48. The third-order valence-corrected chi connectivity index (χ3v) is 4.39. The summed E-state index contributed by atoms with van der Waals surface area (Å²) in [7, 11) is 0. The number of rotatable bonds is 5. The minimum Gasteiger partial charge on any atom is -0.490 e. The first-order valence-electron chi connectivity index (χ1n) is 6.25. The van der Waals surface area contributed by atoms with E-state index in [9.17, 15) is 4.79 Å². The van der Waals surface area contributed by atoms with Crippen molar-refractivity contribution in [2.75, 3.05) is 13.2 Å². The molecule has 2 rings (SSSR count). The monoisotopic (exact) mass is 346 g/mol. The predicted octanol–water partition coefficient (Wildman–Crippen LogP) is 4.13. The molecule has 0 unspecified atom stereocenters. The van der Waals surface area contributed by atoms with Gasteiger partial charge in [-0.05, 0) is 54.2 Å². The summed E-state index contributed by atoms with van der Waals surface area (Å²) in [6, 6.07) is 3.80. The number of benzene rings is 1. The molecule has 0 bridgehead atoms. The summed E-state index contributed by atoms with van der Waals surface area (Å²) in [5.41, 5.74) is 0.476. The van der Waals surface area contributed by atoms with Crippen LogP contribution in [0.3, 0.4) is 0 Å². The molecule has 5 heteroatoms. The van der Waals surface area contributed by atoms with Gasteiger partial charge in [-0.1, -0.05) is 17.7 Å². The molecule has 0 saturated heterocycles. The van der Waals surface area contributed by atoms with Crippen LogP contribution in [0.1, 0.15) is 25.3 Å². The predicted molar refractivity (Wildman–Crippen MR) is 77.7 cm³/mol. The number of esters is 1. The SMILES string of the molecule is CCOC(=O)C1(COc2c(Br)ccc(C)c2Cl)CC1. The van der Waals surface area contributed by atoms with Gasteiger partial charge in [0.1, 0.15) is 12.0 Å². The molecule has 19 heavy (non-hydrogen) atoms. The molecule has 0 aliphatic heterocycles. The van der Waals surface area contributed by atoms with Gasteiger partial charge in [0, 0.05) is 0 Å². The second kappa shape index (κ2) is 5.71. The first-order valence-corrected chi connectivity index (χ1v) is 7.42. The Kier molecular flexibility index (Phi) is 4.41. The summed E-state index contributed by atoms with van der Waals surface area (Å²) in [5, 5.41) is 0.578. The van der Waals surface area contributed by atoms with Gasteiger partial charge in [-0.3, -0.25) is 4.79 Å². The van der Waals surface area contributed by atoms with Crippen LogP contribution in [-0.4, -0.2) is 19.2 Å². The molecule has 104 valence electrons. The van der Waals surface area contributed by atoms with Crippen molar-refractivity contribution in [1.82, 2.24) is 0 Å². The van der Waals surface area contributed by atoms with E-state index in [2.05, 4.69) is 15.9 Å². The molecule has 0 heterocycles. The molecule has 1 aliphatic carbocycles. The van der Waals surface area contributed by atoms with Crippen LogP contribution in [0.2, 0.25) is 5.02 Å². The van der Waals surface area contributed by atoms with E-state index < -0.39 is 5.41 Å². The number of hydrogen-bond donors (Lipinski definition) is 0. The molecule has 1 aromatic rings. The highest BCUT2D eigenvalue weighted by atomic mass is 79.9. The zero-order chi connectivity index (χ0) is 14.0. The van der Waals surface area contributed by atoms with Crippen molar-refractivity contribution < 1.29 is 14.3 Å². The molecule has 1 saturated carbocycles. The second-order valence-corrected chi connectivity index (χ2v) is 6.03. The minimum atomic E-state index is -0.470. The Morgan fingerprint density at radius 2 is 2.16 bits per heavy atom. The summed E-state index contributed by atoms with van der Waals surface area (Å²) >= 11 is 9.63. The van der Waals surface area contributed by atoms with Gasteiger partial charge < -0.3 is 9.47 Å². The number of halogens is 2. The Morgan fingerprint density at radius 3 is 2.74 bits per heavy atom. The van der Waals surface area contributed by atoms with Crippen LogP contribution in [-0.2, 0) is 9.53 Å². The zero-order valence-electron chi connectivity index (χ0n) is 11.0. The summed E-state index contributed by atoms with van der Waals surface area (Å²) in [6.07, 6.45) is 1.62. The molecular weight excluding hydrogens is 332 g/mol. The van der Waals surface area contributed by atoms with Crippen LogP contribution < -0.4 is 4.74 Å². The summed E-state index contributed by atoms with van der Waals surface area (Å²) < 4.78 is 11.6. The van der Waals surface area contributed by atoms with Crippen LogP contribution >= 0.6 is 27.5 Å². The van der Waals surface area contributed by atoms with E-state index >= 15 is 0 Å². The fourth-order valence-electron chi connectivity index (χ4n) is 1.82. The lowest BCUT2D eigenvalue weighted by Gasteiger charge is -2.17. The lowest BCUT2D eigenvalue weighted by Crippen LogP contribution is -2.26. The molecule has 0 radical (unpaired) electrons. The first-order chi connectivity index (χ1) is 9.00. The maximum Gasteiger partial charge on any atom is 0.315 e. The molecule has 1 aromatic carbocycles. The summed E-state index contributed by atoms with van der Waals surface area (Å²) in [6.45, 7) is 4.44. The molecule has 0 amide bonds. The topological polar surface area (TPSA) is 35.5 Å². The van der Waals surface area contributed by atoms with Crippen molar-refractivity contribution in [2.45, 2.75) is 26.7 Å². The Morgan fingerprint density at radius 1 is 1.47 bits per heavy atom. The number of carbonyl (C=O) groups is 1. The van der Waals surface area contributed by atoms with Gasteiger partial charge in [-0.25, -0.2) is 0 Å². The van der Waals surface area contributed by atoms with Crippen LogP contribution in [0.5, 0.6) is 5.75 Å². The van der Waals surface area contributed by atoms with E-state index in [1.807, 2.05) is 26.0 Å². The van der Waals surface area contributed by atoms with E-state index in [0.717, 1.165) is 22.9 Å². The Hall–Kier alpha value is -0.740. The number of carbonyl (C=O) groups excluding carboxylic acids is 1. The van der Waals surface area contributed by atoms with Crippen LogP contribution in [0.15, 0.2) is 16.6 Å². The van der Waals surface area contributed by atoms with Gasteiger partial charge in [0.2, 0.25) is 0 Å². The average molecular weight is 348 g/mol. The molecular formula is C14H16BrClO3. The zero-order valence-corrected chi connectivity index (χ0v) is 13.3. The first kappa shape index (κ1) is 14.7. The Bertz CT molecular complexity index is 498. The highest BCUT2D eigenvalue weighted by Gasteiger charge is 2.52. The van der Waals surface area contributed by atoms with Crippen molar-refractivity contribution in [3.63, 3.8) is 0 Å². The molecule has 1 aliphatic rings. The lowest BCUT2D eigenvalue weighted by molar-refractivity contribution is -0.150. The van der Waals surface area contributed by atoms with Crippen molar-refractivity contribution in [3.05, 3.63) is 27.2 Å². The van der Waals surface area contributed by atoms with Gasteiger partial charge in [0.25, 0.3) is 0 Å². The second-order valence-electron chi connectivity index (χ2n) is 4.80. The average Bonchev–Trinajstić information content (AvgIpc) is 3.16. The number of ether oxygens (including phenoxy) is 2. The largest absolute Gasteiger partial charge is 0.490 e. The summed E-state index contributed by atoms with van der Waals surface area (Å²) in [4.78, 5) is 11.8. The minimum absolute atomic E-state index is 0.171. The molecule has 3 nitrogen and oxygen atoms in total. The lowest BCUT2D eigenvalue weighted by atomic mass is 10.1. The van der Waals surface area contributed by atoms with Crippen molar-refractivity contribution in [1.29, 1.82) is 0 Å². The molecule has 0 atom stereocenters. The molecule has 0 spiro atoms. The van der Waals surface area contributed by atoms with Crippen LogP contribution in [0.25, 0.3) is 0 Å². The standard InChI is InChI=1S/C14H16BrClO3/c1-3-18-13(17)14(6-7-14)8-19-12-10(15)5-4-9(2)11(12)16/h4-5H,3,6-8H2,1-2H3. The summed E-state index contributed by atoms with van der Waals surface area (Å²) in [5.74, 6) is 0.423. The van der Waals surface area contributed by atoms with E-state index in [-0.39, 0.29) is 5.97 Å². The van der Waals surface area contributed by atoms with Gasteiger partial charge in [-0.2, -0.15) is 0 Å². The van der Waals surface area contributed by atoms with Crippen molar-refractivity contribution >= 4 is 33.5 Å². The van der Waals surface area contributed by atoms with Gasteiger partial charge >= 0.3 is 5.97 Å². The molecule has 0 aromatic heterocycles. The Labute approximate surface area is 126 Å². The van der Waals surface area contributed by atoms with E-state index in [1.54, 1.807) is 0 Å². The van der Waals surface area contributed by atoms with Gasteiger partial charge in [0.15, 0.2) is 5.75 Å². The maximum absolute atomic E-state index is 11.8. The normalized spacial score (nSPS) is 16.0.